The molecule has 56 valence electrons. The van der Waals surface area contributed by atoms with E-state index in [2.05, 4.69) is 12.2 Å². The third-order valence-electron chi connectivity index (χ3n) is 1.15. The molecule has 1 unspecified atom stereocenters. The smallest absolute Gasteiger partial charge is 0.0546 e. The predicted molar refractivity (Wildman–Crippen MR) is 39.9 cm³/mol. The molecule has 3 nitrogen and oxygen atoms in total. The molecule has 5 N–H and O–H groups in total. The summed E-state index contributed by atoms with van der Waals surface area (Å²) < 4.78 is 0. The van der Waals surface area contributed by atoms with Crippen LogP contribution in [0.4, 0.5) is 0 Å². The second kappa shape index (κ2) is 6.01. The lowest BCUT2D eigenvalue weighted by atomic mass is 10.3. The van der Waals surface area contributed by atoms with Crippen LogP contribution in [0.25, 0.3) is 0 Å². The van der Waals surface area contributed by atoms with E-state index < -0.39 is 0 Å². The molecule has 0 aromatic carbocycles. The minimum absolute atomic E-state index is 0.138. The van der Waals surface area contributed by atoms with E-state index in [1.54, 1.807) is 0 Å². The maximum atomic E-state index is 5.60. The van der Waals surface area contributed by atoms with Gasteiger partial charge in [-0.15, -0.1) is 0 Å². The number of hydrogen-bond acceptors (Lipinski definition) is 3. The quantitative estimate of drug-likeness (QED) is 0.446. The van der Waals surface area contributed by atoms with Crippen molar-refractivity contribution in [3.63, 3.8) is 0 Å². The maximum Gasteiger partial charge on any atom is 0.0546 e. The number of hydrogen-bond donors (Lipinski definition) is 3. The Morgan fingerprint density at radius 1 is 1.56 bits per heavy atom. The molecular weight excluding hydrogens is 114 g/mol. The molecule has 0 saturated carbocycles. The highest BCUT2D eigenvalue weighted by Gasteiger charge is 1.95. The van der Waals surface area contributed by atoms with E-state index in [4.69, 9.17) is 11.5 Å². The van der Waals surface area contributed by atoms with Gasteiger partial charge in [-0.25, -0.2) is 0 Å². The van der Waals surface area contributed by atoms with Crippen LogP contribution in [0.5, 0.6) is 0 Å². The first-order valence-corrected chi connectivity index (χ1v) is 3.50. The fourth-order valence-electron chi connectivity index (χ4n) is 0.682. The van der Waals surface area contributed by atoms with E-state index in [1.165, 1.54) is 0 Å². The summed E-state index contributed by atoms with van der Waals surface area (Å²) in [6.07, 6.45) is 2.29. The third-order valence-corrected chi connectivity index (χ3v) is 1.15. The first-order valence-electron chi connectivity index (χ1n) is 3.50. The van der Waals surface area contributed by atoms with Gasteiger partial charge in [-0.1, -0.05) is 13.3 Å². The summed E-state index contributed by atoms with van der Waals surface area (Å²) in [5.74, 6) is 0. The van der Waals surface area contributed by atoms with Crippen LogP contribution in [-0.4, -0.2) is 19.3 Å². The highest BCUT2D eigenvalue weighted by Crippen LogP contribution is 1.87. The second-order valence-electron chi connectivity index (χ2n) is 2.14. The Balaban J connectivity index is 2.95. The van der Waals surface area contributed by atoms with E-state index >= 15 is 0 Å². The zero-order valence-corrected chi connectivity index (χ0v) is 6.06. The van der Waals surface area contributed by atoms with Gasteiger partial charge in [-0.2, -0.15) is 0 Å². The van der Waals surface area contributed by atoms with Gasteiger partial charge in [-0.05, 0) is 6.42 Å². The molecule has 0 aromatic heterocycles. The molecule has 0 heterocycles. The molecule has 9 heavy (non-hydrogen) atoms. The van der Waals surface area contributed by atoms with Crippen molar-refractivity contribution in [3.05, 3.63) is 0 Å². The molecule has 0 aromatic rings. The van der Waals surface area contributed by atoms with Crippen LogP contribution >= 0.6 is 0 Å². The van der Waals surface area contributed by atoms with Crippen molar-refractivity contribution in [2.45, 2.75) is 25.9 Å². The van der Waals surface area contributed by atoms with Gasteiger partial charge in [0.25, 0.3) is 0 Å². The van der Waals surface area contributed by atoms with Crippen molar-refractivity contribution in [1.29, 1.82) is 0 Å². The fourth-order valence-corrected chi connectivity index (χ4v) is 0.682. The summed E-state index contributed by atoms with van der Waals surface area (Å²) in [5, 5.41) is 3.09. The van der Waals surface area contributed by atoms with E-state index in [1.807, 2.05) is 0 Å². The second-order valence-corrected chi connectivity index (χ2v) is 2.14. The van der Waals surface area contributed by atoms with Gasteiger partial charge in [0.05, 0.1) is 6.17 Å². The Morgan fingerprint density at radius 3 is 2.67 bits per heavy atom. The van der Waals surface area contributed by atoms with Gasteiger partial charge in [0.15, 0.2) is 0 Å². The lowest BCUT2D eigenvalue weighted by Gasteiger charge is -2.10. The molecule has 1 atom stereocenters. The summed E-state index contributed by atoms with van der Waals surface area (Å²) in [6, 6.07) is 0. The molecule has 0 saturated heterocycles. The summed E-state index contributed by atoms with van der Waals surface area (Å²) in [4.78, 5) is 0. The number of nitrogens with one attached hydrogen (secondary N) is 1. The minimum atomic E-state index is 0.138. The molecular formula is C6H17N3. The summed E-state index contributed by atoms with van der Waals surface area (Å²) >= 11 is 0. The number of rotatable bonds is 5. The topological polar surface area (TPSA) is 64.1 Å². The van der Waals surface area contributed by atoms with E-state index in [0.29, 0.717) is 6.54 Å². The highest BCUT2D eigenvalue weighted by molar-refractivity contribution is 4.56. The van der Waals surface area contributed by atoms with Crippen molar-refractivity contribution >= 4 is 0 Å². The summed E-state index contributed by atoms with van der Waals surface area (Å²) in [7, 11) is 0. The average molecular weight is 131 g/mol. The first kappa shape index (κ1) is 8.88. The lowest BCUT2D eigenvalue weighted by molar-refractivity contribution is 0.496. The number of nitrogens with two attached hydrogens (primary N) is 2. The van der Waals surface area contributed by atoms with Gasteiger partial charge >= 0.3 is 0 Å². The molecule has 0 aliphatic rings. The van der Waals surface area contributed by atoms with Crippen LogP contribution in [0, 0.1) is 0 Å². The van der Waals surface area contributed by atoms with Crippen LogP contribution in [0.1, 0.15) is 19.8 Å². The van der Waals surface area contributed by atoms with Crippen molar-refractivity contribution in [1.82, 2.24) is 5.32 Å². The Labute approximate surface area is 56.8 Å². The lowest BCUT2D eigenvalue weighted by Crippen LogP contribution is -2.39. The van der Waals surface area contributed by atoms with Crippen molar-refractivity contribution in [3.8, 4) is 0 Å². The largest absolute Gasteiger partial charge is 0.329 e. The normalized spacial score (nSPS) is 13.7. The molecule has 0 amide bonds. The Morgan fingerprint density at radius 2 is 2.22 bits per heavy atom. The monoisotopic (exact) mass is 131 g/mol. The molecule has 0 radical (unpaired) electrons. The van der Waals surface area contributed by atoms with Crippen LogP contribution in [0.15, 0.2) is 0 Å². The summed E-state index contributed by atoms with van der Waals surface area (Å²) in [6.45, 7) is 3.60. The van der Waals surface area contributed by atoms with Gasteiger partial charge < -0.3 is 16.8 Å². The van der Waals surface area contributed by atoms with E-state index in [-0.39, 0.29) is 6.17 Å². The van der Waals surface area contributed by atoms with Gasteiger partial charge in [0.1, 0.15) is 0 Å². The van der Waals surface area contributed by atoms with Crippen LogP contribution in [0.2, 0.25) is 0 Å². The minimum Gasteiger partial charge on any atom is -0.329 e. The average Bonchev–Trinajstić information content (AvgIpc) is 1.85. The molecule has 0 bridgehead atoms. The fraction of sp³-hybridized carbons (Fsp3) is 1.00. The molecule has 0 aliphatic heterocycles. The third kappa shape index (κ3) is 5.76. The SMILES string of the molecule is CCCC(N)NCCN. The molecule has 0 rings (SSSR count). The predicted octanol–water partition coefficient (Wildman–Crippen LogP) is -0.380. The van der Waals surface area contributed by atoms with Crippen LogP contribution in [-0.2, 0) is 0 Å². The van der Waals surface area contributed by atoms with Crippen LogP contribution < -0.4 is 16.8 Å². The van der Waals surface area contributed by atoms with Crippen LogP contribution in [0.3, 0.4) is 0 Å². The first-order chi connectivity index (χ1) is 4.31. The molecule has 0 aliphatic carbocycles. The summed E-state index contributed by atoms with van der Waals surface area (Å²) in [5.41, 5.74) is 10.9. The Hall–Kier alpha value is -0.120. The van der Waals surface area contributed by atoms with Gasteiger partial charge in [-0.3, -0.25) is 0 Å². The highest BCUT2D eigenvalue weighted by atomic mass is 15.0. The van der Waals surface area contributed by atoms with Crippen molar-refractivity contribution in [2.24, 2.45) is 11.5 Å². The zero-order valence-electron chi connectivity index (χ0n) is 6.06. The molecule has 0 fully saturated rings. The molecule has 0 spiro atoms. The van der Waals surface area contributed by atoms with Crippen molar-refractivity contribution < 1.29 is 0 Å². The Kier molecular flexibility index (Phi) is 5.93. The maximum absolute atomic E-state index is 5.60. The standard InChI is InChI=1S/C6H17N3/c1-2-3-6(8)9-5-4-7/h6,9H,2-5,7-8H2,1H3. The zero-order chi connectivity index (χ0) is 7.11. The molecule has 3 heteroatoms. The Bertz CT molecular complexity index is 56.3. The van der Waals surface area contributed by atoms with Gasteiger partial charge in [0, 0.05) is 13.1 Å². The van der Waals surface area contributed by atoms with E-state index in [0.717, 1.165) is 19.4 Å². The van der Waals surface area contributed by atoms with E-state index in [9.17, 15) is 0 Å². The van der Waals surface area contributed by atoms with Crippen molar-refractivity contribution in [2.75, 3.05) is 13.1 Å². The van der Waals surface area contributed by atoms with Gasteiger partial charge in [0.2, 0.25) is 0 Å².